The van der Waals surface area contributed by atoms with Crippen molar-refractivity contribution in [2.24, 2.45) is 5.41 Å². The first-order valence-electron chi connectivity index (χ1n) is 12.5. The molecule has 0 radical (unpaired) electrons. The van der Waals surface area contributed by atoms with Crippen LogP contribution < -0.4 is 0 Å². The van der Waals surface area contributed by atoms with Crippen molar-refractivity contribution in [2.45, 2.75) is 52.2 Å². The number of carbonyl (C=O) groups is 2. The Kier molecular flexibility index (Phi) is 6.41. The zero-order chi connectivity index (χ0) is 26.3. The molecule has 0 N–H and O–H groups in total. The second kappa shape index (κ2) is 9.55. The van der Waals surface area contributed by atoms with Crippen LogP contribution in [0.3, 0.4) is 0 Å². The fraction of sp³-hybridized carbons (Fsp3) is 0.393. The van der Waals surface area contributed by atoms with Gasteiger partial charge in [-0.2, -0.15) is 5.10 Å². The summed E-state index contributed by atoms with van der Waals surface area (Å²) in [5.41, 5.74) is 2.62. The van der Waals surface area contributed by atoms with Crippen molar-refractivity contribution in [1.29, 1.82) is 0 Å². The Labute approximate surface area is 215 Å². The van der Waals surface area contributed by atoms with Crippen molar-refractivity contribution in [3.63, 3.8) is 0 Å². The lowest BCUT2D eigenvalue weighted by Gasteiger charge is -2.29. The number of hydrogen-bond acceptors (Lipinski definition) is 6. The van der Waals surface area contributed by atoms with Crippen molar-refractivity contribution in [2.75, 3.05) is 13.7 Å². The summed E-state index contributed by atoms with van der Waals surface area (Å²) in [7, 11) is 1.67. The number of ketones is 1. The van der Waals surface area contributed by atoms with Gasteiger partial charge in [0, 0.05) is 38.2 Å². The second-order valence-corrected chi connectivity index (χ2v) is 10.7. The number of benzene rings is 2. The van der Waals surface area contributed by atoms with Gasteiger partial charge < -0.3 is 9.64 Å². The van der Waals surface area contributed by atoms with Crippen LogP contribution >= 0.6 is 0 Å². The van der Waals surface area contributed by atoms with E-state index >= 15 is 0 Å². The largest absolute Gasteiger partial charge is 0.372 e. The molecule has 1 aromatic heterocycles. The molecule has 1 fully saturated rings. The normalized spacial score (nSPS) is 18.5. The van der Waals surface area contributed by atoms with E-state index in [9.17, 15) is 19.7 Å². The lowest BCUT2D eigenvalue weighted by molar-refractivity contribution is -0.384. The summed E-state index contributed by atoms with van der Waals surface area (Å²) in [5.74, 6) is -0.336. The van der Waals surface area contributed by atoms with Crippen LogP contribution in [0.4, 0.5) is 5.69 Å². The third-order valence-corrected chi connectivity index (χ3v) is 7.06. The third-order valence-electron chi connectivity index (χ3n) is 7.06. The van der Waals surface area contributed by atoms with Crippen molar-refractivity contribution < 1.29 is 19.2 Å². The van der Waals surface area contributed by atoms with Crippen LogP contribution in [0.5, 0.6) is 0 Å². The smallest absolute Gasteiger partial charge is 0.295 e. The molecule has 1 amide bonds. The predicted octanol–water partition coefficient (Wildman–Crippen LogP) is 5.06. The number of Topliss-reactive ketones (excluding diaryl/α,β-unsaturated/α-hetero) is 1. The SMILES string of the molecule is CN(Cc1ccccc1)C(=O)c1ccc(-n2nc(C3CCCO3)c3c2CC(C)(C)CC3=O)c([N+](=O)[O-])c1. The molecule has 1 atom stereocenters. The Morgan fingerprint density at radius 1 is 1.22 bits per heavy atom. The number of aromatic nitrogens is 2. The zero-order valence-corrected chi connectivity index (χ0v) is 21.3. The molecule has 1 unspecified atom stereocenters. The molecule has 9 heteroatoms. The van der Waals surface area contributed by atoms with Gasteiger partial charge in [-0.25, -0.2) is 4.68 Å². The lowest BCUT2D eigenvalue weighted by Crippen LogP contribution is -2.28. The Morgan fingerprint density at radius 2 is 1.97 bits per heavy atom. The summed E-state index contributed by atoms with van der Waals surface area (Å²) in [6.45, 7) is 4.99. The van der Waals surface area contributed by atoms with Gasteiger partial charge >= 0.3 is 0 Å². The first-order valence-corrected chi connectivity index (χ1v) is 12.5. The number of fused-ring (bicyclic) bond motifs is 1. The van der Waals surface area contributed by atoms with Gasteiger partial charge in [-0.3, -0.25) is 19.7 Å². The Morgan fingerprint density at radius 3 is 2.65 bits per heavy atom. The van der Waals surface area contributed by atoms with Gasteiger partial charge in [0.2, 0.25) is 0 Å². The summed E-state index contributed by atoms with van der Waals surface area (Å²) < 4.78 is 7.38. The van der Waals surface area contributed by atoms with Gasteiger partial charge in [-0.15, -0.1) is 0 Å². The van der Waals surface area contributed by atoms with E-state index in [1.54, 1.807) is 19.2 Å². The van der Waals surface area contributed by atoms with Crippen LogP contribution in [-0.2, 0) is 17.7 Å². The van der Waals surface area contributed by atoms with E-state index in [0.717, 1.165) is 18.4 Å². The van der Waals surface area contributed by atoms with Gasteiger partial charge in [-0.1, -0.05) is 44.2 Å². The van der Waals surface area contributed by atoms with Gasteiger partial charge in [0.05, 0.1) is 16.2 Å². The molecule has 9 nitrogen and oxygen atoms in total. The van der Waals surface area contributed by atoms with Crippen molar-refractivity contribution in [1.82, 2.24) is 14.7 Å². The molecule has 0 saturated carbocycles. The van der Waals surface area contributed by atoms with E-state index in [1.807, 2.05) is 44.2 Å². The molecule has 0 spiro atoms. The first kappa shape index (κ1) is 24.8. The molecule has 0 bridgehead atoms. The highest BCUT2D eigenvalue weighted by Crippen LogP contribution is 2.42. The Hall–Kier alpha value is -3.85. The fourth-order valence-electron chi connectivity index (χ4n) is 5.33. The first-order chi connectivity index (χ1) is 17.6. The topological polar surface area (TPSA) is 108 Å². The predicted molar refractivity (Wildman–Crippen MR) is 137 cm³/mol. The Balaban J connectivity index is 1.56. The van der Waals surface area contributed by atoms with Gasteiger partial charge in [0.15, 0.2) is 5.78 Å². The number of hydrogen-bond donors (Lipinski definition) is 0. The lowest BCUT2D eigenvalue weighted by atomic mass is 9.75. The maximum atomic E-state index is 13.2. The molecule has 1 aliphatic heterocycles. The highest BCUT2D eigenvalue weighted by atomic mass is 16.6. The van der Waals surface area contributed by atoms with Crippen LogP contribution in [-0.4, -0.2) is 44.9 Å². The maximum Gasteiger partial charge on any atom is 0.295 e. The van der Waals surface area contributed by atoms with Crippen LogP contribution in [0.25, 0.3) is 5.69 Å². The van der Waals surface area contributed by atoms with E-state index in [4.69, 9.17) is 9.84 Å². The minimum absolute atomic E-state index is 0.0139. The number of ether oxygens (including phenoxy) is 1. The summed E-state index contributed by atoms with van der Waals surface area (Å²) >= 11 is 0. The highest BCUT2D eigenvalue weighted by Gasteiger charge is 2.40. The molecule has 3 aromatic rings. The van der Waals surface area contributed by atoms with Gasteiger partial charge in [0.25, 0.3) is 11.6 Å². The highest BCUT2D eigenvalue weighted by molar-refractivity contribution is 6.00. The second-order valence-electron chi connectivity index (χ2n) is 10.7. The van der Waals surface area contributed by atoms with E-state index in [0.29, 0.717) is 42.9 Å². The zero-order valence-electron chi connectivity index (χ0n) is 21.3. The molecule has 1 aliphatic carbocycles. The van der Waals surface area contributed by atoms with E-state index in [1.165, 1.54) is 15.6 Å². The number of carbonyl (C=O) groups excluding carboxylic acids is 2. The summed E-state index contributed by atoms with van der Waals surface area (Å²) in [6.07, 6.45) is 2.26. The third kappa shape index (κ3) is 4.79. The molecule has 1 saturated heterocycles. The van der Waals surface area contributed by atoms with Crippen molar-refractivity contribution >= 4 is 17.4 Å². The summed E-state index contributed by atoms with van der Waals surface area (Å²) in [4.78, 5) is 39.6. The molecular weight excluding hydrogens is 472 g/mol. The van der Waals surface area contributed by atoms with Crippen LogP contribution in [0.1, 0.15) is 76.9 Å². The van der Waals surface area contributed by atoms with Gasteiger partial charge in [-0.05, 0) is 42.4 Å². The minimum atomic E-state index is -0.501. The molecule has 5 rings (SSSR count). The number of nitro groups is 1. The fourth-order valence-corrected chi connectivity index (χ4v) is 5.33. The molecule has 37 heavy (non-hydrogen) atoms. The number of amides is 1. The molecular formula is C28H30N4O5. The minimum Gasteiger partial charge on any atom is -0.372 e. The number of nitro benzene ring substituents is 1. The van der Waals surface area contributed by atoms with Crippen LogP contribution in [0.2, 0.25) is 0 Å². The van der Waals surface area contributed by atoms with Crippen molar-refractivity contribution in [3.05, 3.63) is 86.7 Å². The average molecular weight is 503 g/mol. The molecule has 2 heterocycles. The van der Waals surface area contributed by atoms with E-state index < -0.39 is 4.92 Å². The monoisotopic (exact) mass is 502 g/mol. The van der Waals surface area contributed by atoms with Crippen LogP contribution in [0.15, 0.2) is 48.5 Å². The van der Waals surface area contributed by atoms with E-state index in [2.05, 4.69) is 0 Å². The standard InChI is InChI=1S/C28H30N4O5/c1-28(2)15-22-25(23(33)16-28)26(24-10-7-13-37-24)29-31(22)20-12-11-19(14-21(20)32(35)36)27(34)30(3)17-18-8-5-4-6-9-18/h4-6,8-9,11-12,14,24H,7,10,13,15-17H2,1-3H3. The molecule has 192 valence electrons. The van der Waals surface area contributed by atoms with Crippen LogP contribution in [0, 0.1) is 15.5 Å². The number of nitrogens with zero attached hydrogens (tertiary/aromatic N) is 4. The van der Waals surface area contributed by atoms with E-state index in [-0.39, 0.29) is 40.1 Å². The summed E-state index contributed by atoms with van der Waals surface area (Å²) in [6, 6.07) is 14.0. The quantitative estimate of drug-likeness (QED) is 0.344. The maximum absolute atomic E-state index is 13.2. The van der Waals surface area contributed by atoms with Crippen molar-refractivity contribution in [3.8, 4) is 5.69 Å². The molecule has 2 aliphatic rings. The molecule has 2 aromatic carbocycles. The number of rotatable bonds is 6. The van der Waals surface area contributed by atoms with Gasteiger partial charge in [0.1, 0.15) is 17.5 Å². The Bertz CT molecular complexity index is 1370. The average Bonchev–Trinajstić information content (AvgIpc) is 3.51. The summed E-state index contributed by atoms with van der Waals surface area (Å²) in [5, 5.41) is 16.9.